The van der Waals surface area contributed by atoms with Gasteiger partial charge in [0.2, 0.25) is 15.7 Å². The van der Waals surface area contributed by atoms with E-state index in [9.17, 15) is 26.0 Å². The number of sulfone groups is 1. The number of furan rings is 1. The highest BCUT2D eigenvalue weighted by molar-refractivity contribution is 7.92. The molecule has 1 aromatic carbocycles. The Morgan fingerprint density at radius 2 is 1.82 bits per heavy atom. The molecule has 0 fully saturated rings. The molecule has 2 heterocycles. The fourth-order valence-corrected chi connectivity index (χ4v) is 4.53. The van der Waals surface area contributed by atoms with E-state index in [1.165, 1.54) is 38.2 Å². The molecular weight excluding hydrogens is 473 g/mol. The van der Waals surface area contributed by atoms with Crippen molar-refractivity contribution in [1.29, 1.82) is 0 Å². The second kappa shape index (κ2) is 9.48. The molecule has 0 saturated carbocycles. The van der Waals surface area contributed by atoms with Gasteiger partial charge in [-0.1, -0.05) is 0 Å². The molecule has 0 spiro atoms. The summed E-state index contributed by atoms with van der Waals surface area (Å²) < 4.78 is 69.1. The maximum absolute atomic E-state index is 13.4. The molecule has 9 nitrogen and oxygen atoms in total. The molecule has 2 N–H and O–H groups in total. The van der Waals surface area contributed by atoms with Gasteiger partial charge in [0.1, 0.15) is 27.2 Å². The zero-order chi connectivity index (χ0) is 24.4. The van der Waals surface area contributed by atoms with Gasteiger partial charge in [-0.3, -0.25) is 9.52 Å². The number of fused-ring (bicyclic) bond motifs is 1. The second-order valence-electron chi connectivity index (χ2n) is 7.48. The van der Waals surface area contributed by atoms with Gasteiger partial charge in [-0.15, -0.1) is 0 Å². The van der Waals surface area contributed by atoms with Gasteiger partial charge < -0.3 is 9.73 Å². The molecule has 0 atom stereocenters. The lowest BCUT2D eigenvalue weighted by Crippen LogP contribution is -2.19. The van der Waals surface area contributed by atoms with Crippen LogP contribution in [0.15, 0.2) is 34.7 Å². The predicted octanol–water partition coefficient (Wildman–Crippen LogP) is 2.73. The predicted molar refractivity (Wildman–Crippen MR) is 124 cm³/mol. The average Bonchev–Trinajstić information content (AvgIpc) is 3.11. The first-order valence-electron chi connectivity index (χ1n) is 10.1. The number of amides is 1. The zero-order valence-corrected chi connectivity index (χ0v) is 19.9. The van der Waals surface area contributed by atoms with Gasteiger partial charge in [-0.2, -0.15) is 4.98 Å². The van der Waals surface area contributed by atoms with E-state index in [0.717, 1.165) is 6.26 Å². The highest BCUT2D eigenvalue weighted by Crippen LogP contribution is 2.35. The summed E-state index contributed by atoms with van der Waals surface area (Å²) in [7, 11) is -5.47. The van der Waals surface area contributed by atoms with Gasteiger partial charge in [0.05, 0.1) is 22.5 Å². The number of pyridine rings is 1. The van der Waals surface area contributed by atoms with Gasteiger partial charge >= 0.3 is 0 Å². The number of hydrogen-bond donors (Lipinski definition) is 2. The molecular formula is C21H24FN3O6S2. The zero-order valence-electron chi connectivity index (χ0n) is 18.3. The third-order valence-corrected chi connectivity index (χ3v) is 7.21. The molecule has 3 rings (SSSR count). The SMILES string of the molecule is CCS(=O)(=O)Nc1nc2oc(-c3ccc(F)cc3)c(C(=O)NC)c2cc1CCCS(C)(=O)=O. The summed E-state index contributed by atoms with van der Waals surface area (Å²) >= 11 is 0. The van der Waals surface area contributed by atoms with Crippen LogP contribution in [0.25, 0.3) is 22.4 Å². The summed E-state index contributed by atoms with van der Waals surface area (Å²) in [6.45, 7) is 1.47. The summed E-state index contributed by atoms with van der Waals surface area (Å²) in [6.07, 6.45) is 1.54. The lowest BCUT2D eigenvalue weighted by Gasteiger charge is -2.11. The highest BCUT2D eigenvalue weighted by atomic mass is 32.2. The normalized spacial score (nSPS) is 12.1. The number of hydrogen-bond acceptors (Lipinski definition) is 7. The second-order valence-corrected chi connectivity index (χ2v) is 11.8. The molecule has 0 radical (unpaired) electrons. The lowest BCUT2D eigenvalue weighted by molar-refractivity contribution is 0.0964. The van der Waals surface area contributed by atoms with Crippen molar-refractivity contribution in [2.45, 2.75) is 19.8 Å². The molecule has 0 unspecified atom stereocenters. The number of rotatable bonds is 9. The molecule has 0 bridgehead atoms. The maximum Gasteiger partial charge on any atom is 0.255 e. The van der Waals surface area contributed by atoms with Gasteiger partial charge in [-0.25, -0.2) is 21.2 Å². The van der Waals surface area contributed by atoms with Crippen LogP contribution in [0.1, 0.15) is 29.3 Å². The number of halogens is 1. The van der Waals surface area contributed by atoms with Crippen LogP contribution in [0.5, 0.6) is 0 Å². The van der Waals surface area contributed by atoms with Crippen LogP contribution < -0.4 is 10.0 Å². The van der Waals surface area contributed by atoms with Crippen molar-refractivity contribution >= 4 is 42.7 Å². The standard InChI is InChI=1S/C21H24FN3O6S2/c1-4-33(29,30)25-19-14(6-5-11-32(3,27)28)12-16-17(20(26)23-2)18(31-21(16)24-19)13-7-9-15(22)10-8-13/h7-10,12H,4-6,11H2,1-3H3,(H,23,26)(H,24,25). The van der Waals surface area contributed by atoms with E-state index in [1.807, 2.05) is 0 Å². The number of carbonyl (C=O) groups is 1. The van der Waals surface area contributed by atoms with Gasteiger partial charge in [0.15, 0.2) is 0 Å². The van der Waals surface area contributed by atoms with E-state index in [-0.39, 0.29) is 47.2 Å². The summed E-state index contributed by atoms with van der Waals surface area (Å²) in [5.41, 5.74) is 1.01. The van der Waals surface area contributed by atoms with Crippen LogP contribution >= 0.6 is 0 Å². The lowest BCUT2D eigenvalue weighted by atomic mass is 10.0. The third kappa shape index (κ3) is 5.88. The van der Waals surface area contributed by atoms with E-state index in [4.69, 9.17) is 4.42 Å². The fourth-order valence-electron chi connectivity index (χ4n) is 3.24. The van der Waals surface area contributed by atoms with Crippen LogP contribution in [0.2, 0.25) is 0 Å². The number of aromatic nitrogens is 1. The van der Waals surface area contributed by atoms with Crippen molar-refractivity contribution in [2.75, 3.05) is 29.5 Å². The van der Waals surface area contributed by atoms with Gasteiger partial charge in [-0.05, 0) is 55.7 Å². The molecule has 0 aliphatic rings. The van der Waals surface area contributed by atoms with Crippen molar-refractivity contribution in [3.63, 3.8) is 0 Å². The Kier molecular flexibility index (Phi) is 7.08. The third-order valence-electron chi connectivity index (χ3n) is 4.92. The van der Waals surface area contributed by atoms with Crippen molar-refractivity contribution in [3.05, 3.63) is 47.3 Å². The fraction of sp³-hybridized carbons (Fsp3) is 0.333. The number of nitrogens with one attached hydrogen (secondary N) is 2. The van der Waals surface area contributed by atoms with E-state index in [0.29, 0.717) is 16.5 Å². The Bertz CT molecular complexity index is 1400. The van der Waals surface area contributed by atoms with Crippen molar-refractivity contribution in [3.8, 4) is 11.3 Å². The Balaban J connectivity index is 2.21. The molecule has 3 aromatic rings. The number of sulfonamides is 1. The van der Waals surface area contributed by atoms with Crippen LogP contribution in [0.4, 0.5) is 10.2 Å². The summed E-state index contributed by atoms with van der Waals surface area (Å²) in [6, 6.07) is 6.92. The van der Waals surface area contributed by atoms with Crippen LogP contribution in [0, 0.1) is 5.82 Å². The summed E-state index contributed by atoms with van der Waals surface area (Å²) in [5.74, 6) is -1.08. The Morgan fingerprint density at radius 1 is 1.15 bits per heavy atom. The monoisotopic (exact) mass is 497 g/mol. The largest absolute Gasteiger partial charge is 0.437 e. The Morgan fingerprint density at radius 3 is 2.39 bits per heavy atom. The first kappa shape index (κ1) is 24.6. The minimum absolute atomic E-state index is 0.000661. The molecule has 12 heteroatoms. The van der Waals surface area contributed by atoms with E-state index in [1.54, 1.807) is 6.07 Å². The molecule has 33 heavy (non-hydrogen) atoms. The quantitative estimate of drug-likeness (QED) is 0.464. The van der Waals surface area contributed by atoms with Crippen molar-refractivity contribution in [1.82, 2.24) is 10.3 Å². The molecule has 0 aliphatic heterocycles. The number of carbonyl (C=O) groups excluding carboxylic acids is 1. The van der Waals surface area contributed by atoms with E-state index < -0.39 is 31.6 Å². The highest BCUT2D eigenvalue weighted by Gasteiger charge is 2.25. The Hall–Kier alpha value is -2.99. The molecule has 0 saturated heterocycles. The van der Waals surface area contributed by atoms with Crippen LogP contribution in [-0.4, -0.2) is 52.5 Å². The maximum atomic E-state index is 13.4. The topological polar surface area (TPSA) is 135 Å². The summed E-state index contributed by atoms with van der Waals surface area (Å²) in [5, 5.41) is 2.86. The Labute approximate surface area is 191 Å². The number of nitrogens with zero attached hydrogens (tertiary/aromatic N) is 1. The number of benzene rings is 1. The van der Waals surface area contributed by atoms with Crippen LogP contribution in [0.3, 0.4) is 0 Å². The minimum Gasteiger partial charge on any atom is -0.437 e. The minimum atomic E-state index is -3.69. The van der Waals surface area contributed by atoms with Gasteiger partial charge in [0.25, 0.3) is 5.91 Å². The van der Waals surface area contributed by atoms with E-state index >= 15 is 0 Å². The molecule has 178 valence electrons. The smallest absolute Gasteiger partial charge is 0.255 e. The van der Waals surface area contributed by atoms with Crippen molar-refractivity contribution < 1.29 is 30.4 Å². The summed E-state index contributed by atoms with van der Waals surface area (Å²) in [4.78, 5) is 17.0. The van der Waals surface area contributed by atoms with E-state index in [2.05, 4.69) is 15.0 Å². The average molecular weight is 498 g/mol. The van der Waals surface area contributed by atoms with Gasteiger partial charge in [0, 0.05) is 18.9 Å². The van der Waals surface area contributed by atoms with Crippen molar-refractivity contribution in [2.24, 2.45) is 0 Å². The number of anilines is 1. The number of aryl methyl sites for hydroxylation is 1. The van der Waals surface area contributed by atoms with Crippen LogP contribution in [-0.2, 0) is 26.3 Å². The first-order chi connectivity index (χ1) is 15.4. The first-order valence-corrected chi connectivity index (χ1v) is 13.8. The molecule has 0 aliphatic carbocycles. The molecule has 2 aromatic heterocycles. The molecule has 1 amide bonds.